The number of nitrogens with zero attached hydrogens (tertiary/aromatic N) is 2. The van der Waals surface area contributed by atoms with Gasteiger partial charge in [-0.25, -0.2) is 18.2 Å². The molecule has 1 aromatic heterocycles. The van der Waals surface area contributed by atoms with E-state index in [1.807, 2.05) is 54.7 Å². The van der Waals surface area contributed by atoms with Crippen molar-refractivity contribution in [1.29, 1.82) is 0 Å². The molecule has 0 aliphatic rings. The molecule has 0 radical (unpaired) electrons. The number of amides is 1. The minimum absolute atomic E-state index is 0.211. The van der Waals surface area contributed by atoms with E-state index in [0.29, 0.717) is 21.8 Å². The van der Waals surface area contributed by atoms with Crippen LogP contribution in [0.5, 0.6) is 0 Å². The zero-order valence-electron chi connectivity index (χ0n) is 21.4. The minimum Gasteiger partial charge on any atom is -0.444 e. The van der Waals surface area contributed by atoms with Gasteiger partial charge in [-0.15, -0.1) is 11.3 Å². The number of hydrogen-bond acceptors (Lipinski definition) is 7. The Kier molecular flexibility index (Phi) is 7.42. The lowest BCUT2D eigenvalue weighted by atomic mass is 10.1. The van der Waals surface area contributed by atoms with Crippen molar-refractivity contribution in [3.8, 4) is 11.3 Å². The van der Waals surface area contributed by atoms with Gasteiger partial charge in [0.15, 0.2) is 0 Å². The molecule has 0 saturated heterocycles. The largest absolute Gasteiger partial charge is 0.444 e. The van der Waals surface area contributed by atoms with Gasteiger partial charge in [0, 0.05) is 47.2 Å². The first kappa shape index (κ1) is 26.4. The average molecular weight is 539 g/mol. The highest BCUT2D eigenvalue weighted by atomic mass is 32.2. The summed E-state index contributed by atoms with van der Waals surface area (Å²) in [6.07, 6.45) is -0.508. The molecule has 194 valence electrons. The fourth-order valence-electron chi connectivity index (χ4n) is 3.83. The summed E-state index contributed by atoms with van der Waals surface area (Å²) in [6.45, 7) is 5.64. The molecule has 4 rings (SSSR count). The van der Waals surface area contributed by atoms with E-state index in [1.165, 1.54) is 11.3 Å². The molecule has 0 fully saturated rings. The smallest absolute Gasteiger partial charge is 0.408 e. The molecule has 1 heterocycles. The number of sulfonamides is 1. The predicted molar refractivity (Wildman–Crippen MR) is 150 cm³/mol. The Morgan fingerprint density at radius 1 is 1.03 bits per heavy atom. The first-order valence-corrected chi connectivity index (χ1v) is 14.0. The van der Waals surface area contributed by atoms with Crippen molar-refractivity contribution in [3.05, 3.63) is 71.1 Å². The average Bonchev–Trinajstić information content (AvgIpc) is 3.30. The van der Waals surface area contributed by atoms with Gasteiger partial charge >= 0.3 is 6.09 Å². The summed E-state index contributed by atoms with van der Waals surface area (Å²) < 4.78 is 34.8. The predicted octanol–water partition coefficient (Wildman–Crippen LogP) is 5.85. The van der Waals surface area contributed by atoms with Gasteiger partial charge in [0.1, 0.15) is 10.6 Å². The summed E-state index contributed by atoms with van der Waals surface area (Å²) in [5.41, 5.74) is 2.24. The highest BCUT2D eigenvalue weighted by Gasteiger charge is 2.20. The number of nitrogens with one attached hydrogen (secondary N) is 2. The van der Waals surface area contributed by atoms with Gasteiger partial charge in [0.25, 0.3) is 10.0 Å². The summed E-state index contributed by atoms with van der Waals surface area (Å²) in [4.78, 5) is 18.7. The van der Waals surface area contributed by atoms with E-state index in [0.717, 1.165) is 16.6 Å². The van der Waals surface area contributed by atoms with Gasteiger partial charge < -0.3 is 15.0 Å². The van der Waals surface area contributed by atoms with E-state index >= 15 is 0 Å². The van der Waals surface area contributed by atoms with Crippen LogP contribution in [0.25, 0.3) is 22.0 Å². The minimum atomic E-state index is -3.86. The van der Waals surface area contributed by atoms with Crippen molar-refractivity contribution < 1.29 is 17.9 Å². The number of thiazole rings is 1. The molecule has 8 nitrogen and oxygen atoms in total. The molecular formula is C27H30N4O4S2. The Labute approximate surface area is 221 Å². The number of ether oxygens (including phenoxy) is 1. The van der Waals surface area contributed by atoms with Crippen LogP contribution in [0.2, 0.25) is 0 Å². The van der Waals surface area contributed by atoms with E-state index < -0.39 is 21.7 Å². The van der Waals surface area contributed by atoms with E-state index in [2.05, 4.69) is 15.0 Å². The Hall–Kier alpha value is -3.63. The number of benzene rings is 3. The van der Waals surface area contributed by atoms with Crippen LogP contribution in [0.3, 0.4) is 0 Å². The van der Waals surface area contributed by atoms with Crippen LogP contribution in [0.15, 0.2) is 70.9 Å². The third-order valence-electron chi connectivity index (χ3n) is 5.38. The standard InChI is InChI=1S/C27H30N4O4S2/c1-27(2,3)35-26(32)28-16-25-29-22(17-36-25)18-9-6-10-19(15-18)30-37(33,34)24-14-8-11-20-21(24)12-7-13-23(20)31(4)5/h6-15,17,30H,16H2,1-5H3,(H,28,32). The molecule has 0 aliphatic heterocycles. The lowest BCUT2D eigenvalue weighted by molar-refractivity contribution is 0.0523. The molecule has 0 aliphatic carbocycles. The van der Waals surface area contributed by atoms with Crippen LogP contribution in [0, 0.1) is 0 Å². The monoisotopic (exact) mass is 538 g/mol. The topological polar surface area (TPSA) is 101 Å². The summed E-state index contributed by atoms with van der Waals surface area (Å²) in [5.74, 6) is 0. The second-order valence-electron chi connectivity index (χ2n) is 9.69. The number of anilines is 2. The van der Waals surface area contributed by atoms with E-state index in [4.69, 9.17) is 4.74 Å². The molecule has 3 aromatic carbocycles. The number of rotatable bonds is 7. The number of alkyl carbamates (subject to hydrolysis) is 1. The molecular weight excluding hydrogens is 508 g/mol. The molecule has 0 unspecified atom stereocenters. The van der Waals surface area contributed by atoms with Crippen LogP contribution in [0.1, 0.15) is 25.8 Å². The third kappa shape index (κ3) is 6.39. The Balaban J connectivity index is 1.54. The summed E-state index contributed by atoms with van der Waals surface area (Å²) in [6, 6.07) is 18.0. The zero-order chi connectivity index (χ0) is 26.8. The van der Waals surface area contributed by atoms with Gasteiger partial charge in [0.2, 0.25) is 0 Å². The normalized spacial score (nSPS) is 11.8. The van der Waals surface area contributed by atoms with Crippen molar-refractivity contribution in [2.24, 2.45) is 0 Å². The number of hydrogen-bond donors (Lipinski definition) is 2. The van der Waals surface area contributed by atoms with Gasteiger partial charge in [0.05, 0.1) is 17.1 Å². The second kappa shape index (κ2) is 10.4. The lowest BCUT2D eigenvalue weighted by Crippen LogP contribution is -2.32. The summed E-state index contributed by atoms with van der Waals surface area (Å²) in [5, 5.41) is 6.79. The Morgan fingerprint density at radius 2 is 1.73 bits per heavy atom. The number of carbonyl (C=O) groups is 1. The van der Waals surface area contributed by atoms with Crippen LogP contribution < -0.4 is 14.9 Å². The maximum atomic E-state index is 13.4. The molecule has 0 spiro atoms. The first-order valence-electron chi connectivity index (χ1n) is 11.7. The van der Waals surface area contributed by atoms with Gasteiger partial charge in [-0.3, -0.25) is 4.72 Å². The van der Waals surface area contributed by atoms with Crippen molar-refractivity contribution in [1.82, 2.24) is 10.3 Å². The van der Waals surface area contributed by atoms with E-state index in [9.17, 15) is 13.2 Å². The molecule has 0 saturated carbocycles. The fourth-order valence-corrected chi connectivity index (χ4v) is 5.84. The van der Waals surface area contributed by atoms with Crippen molar-refractivity contribution in [2.75, 3.05) is 23.7 Å². The molecule has 2 N–H and O–H groups in total. The molecule has 0 bridgehead atoms. The Morgan fingerprint density at radius 3 is 2.46 bits per heavy atom. The van der Waals surface area contributed by atoms with Gasteiger partial charge in [-0.1, -0.05) is 36.4 Å². The Bertz CT molecular complexity index is 1540. The van der Waals surface area contributed by atoms with Gasteiger partial charge in [-0.2, -0.15) is 0 Å². The highest BCUT2D eigenvalue weighted by Crippen LogP contribution is 2.32. The highest BCUT2D eigenvalue weighted by molar-refractivity contribution is 7.93. The first-order chi connectivity index (χ1) is 17.4. The number of fused-ring (bicyclic) bond motifs is 1. The maximum Gasteiger partial charge on any atom is 0.408 e. The summed E-state index contributed by atoms with van der Waals surface area (Å²) >= 11 is 1.40. The van der Waals surface area contributed by atoms with E-state index in [1.54, 1.807) is 51.1 Å². The molecule has 10 heteroatoms. The van der Waals surface area contributed by atoms with Crippen LogP contribution in [0.4, 0.5) is 16.2 Å². The van der Waals surface area contributed by atoms with Crippen LogP contribution in [-0.4, -0.2) is 39.2 Å². The van der Waals surface area contributed by atoms with Crippen molar-refractivity contribution >= 4 is 49.6 Å². The van der Waals surface area contributed by atoms with Crippen LogP contribution >= 0.6 is 11.3 Å². The SMILES string of the molecule is CN(C)c1cccc2c(S(=O)(=O)Nc3cccc(-c4csc(CNC(=O)OC(C)(C)C)n4)c3)cccc12. The second-order valence-corrected chi connectivity index (χ2v) is 12.3. The quantitative estimate of drug-likeness (QED) is 0.306. The molecule has 0 atom stereocenters. The van der Waals surface area contributed by atoms with E-state index in [-0.39, 0.29) is 11.4 Å². The number of aromatic nitrogens is 1. The summed E-state index contributed by atoms with van der Waals surface area (Å²) in [7, 11) is -0.00151. The lowest BCUT2D eigenvalue weighted by Gasteiger charge is -2.19. The molecule has 4 aromatic rings. The third-order valence-corrected chi connectivity index (χ3v) is 7.66. The zero-order valence-corrected chi connectivity index (χ0v) is 23.0. The van der Waals surface area contributed by atoms with Gasteiger partial charge in [-0.05, 0) is 45.0 Å². The van der Waals surface area contributed by atoms with Crippen molar-refractivity contribution in [3.63, 3.8) is 0 Å². The van der Waals surface area contributed by atoms with Crippen LogP contribution in [-0.2, 0) is 21.3 Å². The molecule has 37 heavy (non-hydrogen) atoms. The molecule has 1 amide bonds. The maximum absolute atomic E-state index is 13.4. The number of carbonyl (C=O) groups excluding carboxylic acids is 1. The van der Waals surface area contributed by atoms with Crippen molar-refractivity contribution in [2.45, 2.75) is 37.8 Å². The fraction of sp³-hybridized carbons (Fsp3) is 0.259.